The molecule has 2 aromatic carbocycles. The Bertz CT molecular complexity index is 937. The summed E-state index contributed by atoms with van der Waals surface area (Å²) in [7, 11) is 1.53. The number of amides is 2. The number of benzene rings is 2. The first-order valence-electron chi connectivity index (χ1n) is 9.92. The minimum Gasteiger partial charge on any atom is -0.494 e. The largest absolute Gasteiger partial charge is 0.494 e. The van der Waals surface area contributed by atoms with Gasteiger partial charge < -0.3 is 19.5 Å². The van der Waals surface area contributed by atoms with Crippen LogP contribution in [0, 0.1) is 0 Å². The third-order valence-electron chi connectivity index (χ3n) is 4.59. The fourth-order valence-electron chi connectivity index (χ4n) is 3.22. The third-order valence-corrected chi connectivity index (χ3v) is 4.59. The average Bonchev–Trinajstić information content (AvgIpc) is 2.98. The van der Waals surface area contributed by atoms with Gasteiger partial charge in [0.1, 0.15) is 17.2 Å². The van der Waals surface area contributed by atoms with Gasteiger partial charge in [-0.05, 0) is 43.7 Å². The van der Waals surface area contributed by atoms with Gasteiger partial charge in [0.25, 0.3) is 11.8 Å². The zero-order valence-electron chi connectivity index (χ0n) is 17.4. The summed E-state index contributed by atoms with van der Waals surface area (Å²) in [5.41, 5.74) is 1.78. The molecule has 0 unspecified atom stereocenters. The minimum atomic E-state index is -0.396. The molecule has 0 fully saturated rings. The van der Waals surface area contributed by atoms with Crippen molar-refractivity contribution in [1.29, 1.82) is 0 Å². The Kier molecular flexibility index (Phi) is 7.08. The van der Waals surface area contributed by atoms with Crippen molar-refractivity contribution in [1.82, 2.24) is 4.90 Å². The summed E-state index contributed by atoms with van der Waals surface area (Å²) in [5, 5.41) is 3.14. The van der Waals surface area contributed by atoms with E-state index in [4.69, 9.17) is 14.2 Å². The standard InChI is InChI=1S/C23H26N2O5/c1-4-29-17-12-10-16(11-13-17)20-21(23(27)25(22(20)26)14-15-28-3)24-18-8-6-7-9-19(18)30-5-2/h6-13,24H,4-5,14-15H2,1-3H3. The molecule has 0 aromatic heterocycles. The van der Waals surface area contributed by atoms with E-state index in [9.17, 15) is 9.59 Å². The summed E-state index contributed by atoms with van der Waals surface area (Å²) in [5.74, 6) is 0.546. The van der Waals surface area contributed by atoms with Crippen LogP contribution in [0.5, 0.6) is 11.5 Å². The van der Waals surface area contributed by atoms with E-state index < -0.39 is 5.91 Å². The van der Waals surface area contributed by atoms with Crippen molar-refractivity contribution in [2.75, 3.05) is 38.8 Å². The lowest BCUT2D eigenvalue weighted by molar-refractivity contribution is -0.137. The molecule has 0 spiro atoms. The average molecular weight is 410 g/mol. The third kappa shape index (κ3) is 4.46. The summed E-state index contributed by atoms with van der Waals surface area (Å²) >= 11 is 0. The number of para-hydroxylation sites is 2. The first kappa shape index (κ1) is 21.4. The van der Waals surface area contributed by atoms with Crippen LogP contribution in [0.15, 0.2) is 54.2 Å². The highest BCUT2D eigenvalue weighted by Crippen LogP contribution is 2.33. The van der Waals surface area contributed by atoms with Gasteiger partial charge in [-0.3, -0.25) is 14.5 Å². The molecule has 2 amide bonds. The fourth-order valence-corrected chi connectivity index (χ4v) is 3.22. The van der Waals surface area contributed by atoms with Crippen LogP contribution in [0.2, 0.25) is 0 Å². The molecule has 1 aliphatic heterocycles. The molecule has 0 aliphatic carbocycles. The van der Waals surface area contributed by atoms with E-state index in [0.29, 0.717) is 41.5 Å². The second-order valence-corrected chi connectivity index (χ2v) is 6.52. The lowest BCUT2D eigenvalue weighted by Gasteiger charge is -2.15. The fraction of sp³-hybridized carbons (Fsp3) is 0.304. The van der Waals surface area contributed by atoms with E-state index in [2.05, 4.69) is 5.32 Å². The maximum Gasteiger partial charge on any atom is 0.278 e. The highest BCUT2D eigenvalue weighted by molar-refractivity contribution is 6.36. The van der Waals surface area contributed by atoms with Gasteiger partial charge in [-0.2, -0.15) is 0 Å². The highest BCUT2D eigenvalue weighted by Gasteiger charge is 2.39. The van der Waals surface area contributed by atoms with Crippen molar-refractivity contribution < 1.29 is 23.8 Å². The molecule has 7 nitrogen and oxygen atoms in total. The van der Waals surface area contributed by atoms with Crippen LogP contribution in [-0.4, -0.2) is 50.2 Å². The van der Waals surface area contributed by atoms with E-state index in [1.54, 1.807) is 24.3 Å². The molecule has 0 saturated carbocycles. The molecule has 158 valence electrons. The molecule has 30 heavy (non-hydrogen) atoms. The van der Waals surface area contributed by atoms with E-state index in [1.165, 1.54) is 12.0 Å². The van der Waals surface area contributed by atoms with Crippen LogP contribution in [0.1, 0.15) is 19.4 Å². The van der Waals surface area contributed by atoms with Crippen LogP contribution in [0.4, 0.5) is 5.69 Å². The Balaban J connectivity index is 2.02. The monoisotopic (exact) mass is 410 g/mol. The lowest BCUT2D eigenvalue weighted by Crippen LogP contribution is -2.35. The van der Waals surface area contributed by atoms with Gasteiger partial charge in [0.05, 0.1) is 37.6 Å². The summed E-state index contributed by atoms with van der Waals surface area (Å²) in [4.78, 5) is 27.4. The number of imide groups is 1. The topological polar surface area (TPSA) is 77.1 Å². The minimum absolute atomic E-state index is 0.174. The van der Waals surface area contributed by atoms with E-state index in [0.717, 1.165) is 0 Å². The zero-order chi connectivity index (χ0) is 21.5. The Labute approximate surface area is 176 Å². The van der Waals surface area contributed by atoms with E-state index >= 15 is 0 Å². The normalized spacial score (nSPS) is 13.8. The molecule has 0 radical (unpaired) electrons. The summed E-state index contributed by atoms with van der Waals surface area (Å²) in [6, 6.07) is 14.4. The molecule has 7 heteroatoms. The van der Waals surface area contributed by atoms with Crippen molar-refractivity contribution >= 4 is 23.1 Å². The van der Waals surface area contributed by atoms with Crippen molar-refractivity contribution in [3.8, 4) is 11.5 Å². The summed E-state index contributed by atoms with van der Waals surface area (Å²) < 4.78 is 16.2. The number of carbonyl (C=O) groups is 2. The van der Waals surface area contributed by atoms with Gasteiger partial charge in [-0.15, -0.1) is 0 Å². The Hall–Kier alpha value is -3.32. The smallest absolute Gasteiger partial charge is 0.278 e. The first-order valence-corrected chi connectivity index (χ1v) is 9.92. The lowest BCUT2D eigenvalue weighted by atomic mass is 10.0. The van der Waals surface area contributed by atoms with Gasteiger partial charge >= 0.3 is 0 Å². The number of nitrogens with one attached hydrogen (secondary N) is 1. The van der Waals surface area contributed by atoms with Gasteiger partial charge in [0.15, 0.2) is 0 Å². The van der Waals surface area contributed by atoms with Crippen molar-refractivity contribution in [2.24, 2.45) is 0 Å². The quantitative estimate of drug-likeness (QED) is 0.606. The zero-order valence-corrected chi connectivity index (χ0v) is 17.4. The maximum atomic E-state index is 13.1. The first-order chi connectivity index (χ1) is 14.6. The number of nitrogens with zero attached hydrogens (tertiary/aromatic N) is 1. The van der Waals surface area contributed by atoms with Gasteiger partial charge in [-0.1, -0.05) is 24.3 Å². The second-order valence-electron chi connectivity index (χ2n) is 6.52. The summed E-state index contributed by atoms with van der Waals surface area (Å²) in [6.07, 6.45) is 0. The predicted molar refractivity (Wildman–Crippen MR) is 114 cm³/mol. The molecule has 0 atom stereocenters. The van der Waals surface area contributed by atoms with Crippen LogP contribution >= 0.6 is 0 Å². The number of anilines is 1. The van der Waals surface area contributed by atoms with Crippen molar-refractivity contribution in [3.05, 3.63) is 59.8 Å². The van der Waals surface area contributed by atoms with Crippen LogP contribution < -0.4 is 14.8 Å². The Morgan fingerprint density at radius 1 is 0.900 bits per heavy atom. The number of methoxy groups -OCH3 is 1. The number of rotatable bonds is 10. The van der Waals surface area contributed by atoms with Crippen LogP contribution in [0.25, 0.3) is 5.57 Å². The van der Waals surface area contributed by atoms with Crippen molar-refractivity contribution in [3.63, 3.8) is 0 Å². The molecule has 0 saturated heterocycles. The predicted octanol–water partition coefficient (Wildman–Crippen LogP) is 3.32. The van der Waals surface area contributed by atoms with E-state index in [1.807, 2.05) is 38.1 Å². The molecule has 2 aromatic rings. The molecule has 1 aliphatic rings. The highest BCUT2D eigenvalue weighted by atomic mass is 16.5. The van der Waals surface area contributed by atoms with Crippen molar-refractivity contribution in [2.45, 2.75) is 13.8 Å². The molecular formula is C23H26N2O5. The van der Waals surface area contributed by atoms with Gasteiger partial charge in [-0.25, -0.2) is 0 Å². The molecule has 3 rings (SSSR count). The Morgan fingerprint density at radius 2 is 1.60 bits per heavy atom. The van der Waals surface area contributed by atoms with Crippen LogP contribution in [-0.2, 0) is 14.3 Å². The number of carbonyl (C=O) groups excluding carboxylic acids is 2. The Morgan fingerprint density at radius 3 is 2.27 bits per heavy atom. The number of hydrogen-bond donors (Lipinski definition) is 1. The second kappa shape index (κ2) is 9.93. The molecule has 0 bridgehead atoms. The van der Waals surface area contributed by atoms with E-state index in [-0.39, 0.29) is 24.8 Å². The van der Waals surface area contributed by atoms with Gasteiger partial charge in [0.2, 0.25) is 0 Å². The molecule has 1 heterocycles. The SMILES string of the molecule is CCOc1ccc(C2=C(Nc3ccccc3OCC)C(=O)N(CCOC)C2=O)cc1. The molecular weight excluding hydrogens is 384 g/mol. The molecule has 1 N–H and O–H groups in total. The number of hydrogen-bond acceptors (Lipinski definition) is 6. The number of ether oxygens (including phenoxy) is 3. The maximum absolute atomic E-state index is 13.1. The summed E-state index contributed by atoms with van der Waals surface area (Å²) in [6.45, 7) is 5.25. The van der Waals surface area contributed by atoms with Crippen LogP contribution in [0.3, 0.4) is 0 Å². The van der Waals surface area contributed by atoms with Gasteiger partial charge in [0, 0.05) is 7.11 Å².